The lowest BCUT2D eigenvalue weighted by Gasteiger charge is -2.44. The first-order valence-corrected chi connectivity index (χ1v) is 13.0. The highest BCUT2D eigenvalue weighted by atomic mass is 35.5. The van der Waals surface area contributed by atoms with Gasteiger partial charge < -0.3 is 34.6 Å². The SMILES string of the molecule is COc1cc(OC)c(Cl)c(NC(=O)N(C)c2cc(Nc3ccc4c(c3)OC[C@@H]3CN(C)CCN43)ncn2)c1Cl. The summed E-state index contributed by atoms with van der Waals surface area (Å²) in [4.78, 5) is 27.7. The van der Waals surface area contributed by atoms with Gasteiger partial charge in [0.15, 0.2) is 0 Å². The van der Waals surface area contributed by atoms with Gasteiger partial charge in [0, 0.05) is 50.6 Å². The van der Waals surface area contributed by atoms with Gasteiger partial charge in [0.2, 0.25) is 0 Å². The van der Waals surface area contributed by atoms with E-state index in [1.165, 1.54) is 25.4 Å². The van der Waals surface area contributed by atoms with Crippen LogP contribution in [0.5, 0.6) is 17.2 Å². The first-order chi connectivity index (χ1) is 18.8. The van der Waals surface area contributed by atoms with Crippen molar-refractivity contribution in [2.75, 3.05) is 75.0 Å². The smallest absolute Gasteiger partial charge is 0.327 e. The van der Waals surface area contributed by atoms with Gasteiger partial charge in [-0.25, -0.2) is 14.8 Å². The number of halogens is 2. The molecule has 3 aromatic rings. The maximum atomic E-state index is 13.1. The standard InChI is InChI=1S/C26H29Cl2N7O4/c1-33-7-8-35-16(12-33)13-39-18-9-15(5-6-17(18)35)31-21-11-22(30-14-29-21)34(2)26(36)32-25-23(27)19(37-3)10-20(38-4)24(25)28/h5-6,9-11,14,16H,7-8,12-13H2,1-4H3,(H,32,36)(H,29,30,31)/t16-/m0/s1. The number of benzene rings is 2. The molecule has 1 aromatic heterocycles. The molecule has 0 radical (unpaired) electrons. The van der Waals surface area contributed by atoms with Crippen LogP contribution in [0.4, 0.5) is 33.5 Å². The zero-order valence-corrected chi connectivity index (χ0v) is 23.5. The number of nitrogens with one attached hydrogen (secondary N) is 2. The Labute approximate surface area is 236 Å². The molecule has 39 heavy (non-hydrogen) atoms. The van der Waals surface area contributed by atoms with Crippen molar-refractivity contribution in [1.29, 1.82) is 0 Å². The van der Waals surface area contributed by atoms with Crippen LogP contribution < -0.4 is 34.6 Å². The van der Waals surface area contributed by atoms with E-state index >= 15 is 0 Å². The van der Waals surface area contributed by atoms with Gasteiger partial charge in [0.1, 0.15) is 51.9 Å². The van der Waals surface area contributed by atoms with Gasteiger partial charge in [0.05, 0.1) is 31.6 Å². The van der Waals surface area contributed by atoms with Crippen LogP contribution in [0.1, 0.15) is 0 Å². The number of rotatable bonds is 6. The minimum absolute atomic E-state index is 0.146. The number of anilines is 5. The van der Waals surface area contributed by atoms with Gasteiger partial charge in [-0.3, -0.25) is 4.90 Å². The molecule has 0 spiro atoms. The molecule has 2 N–H and O–H groups in total. The van der Waals surface area contributed by atoms with Crippen molar-refractivity contribution in [3.8, 4) is 17.2 Å². The van der Waals surface area contributed by atoms with E-state index in [0.717, 1.165) is 36.8 Å². The largest absolute Gasteiger partial charge is 0.495 e. The second-order valence-corrected chi connectivity index (χ2v) is 10.0. The van der Waals surface area contributed by atoms with Crippen LogP contribution in [0.15, 0.2) is 36.7 Å². The topological polar surface area (TPSA) is 104 Å². The number of carbonyl (C=O) groups is 1. The third kappa shape index (κ3) is 5.42. The fraction of sp³-hybridized carbons (Fsp3) is 0.346. The fourth-order valence-corrected chi connectivity index (χ4v) is 5.23. The van der Waals surface area contributed by atoms with E-state index in [1.807, 2.05) is 12.1 Å². The molecule has 1 atom stereocenters. The summed E-state index contributed by atoms with van der Waals surface area (Å²) in [7, 11) is 6.62. The van der Waals surface area contributed by atoms with Crippen LogP contribution in [0.25, 0.3) is 0 Å². The fourth-order valence-electron chi connectivity index (χ4n) is 4.64. The van der Waals surface area contributed by atoms with Crippen molar-refractivity contribution >= 4 is 57.9 Å². The molecule has 0 unspecified atom stereocenters. The summed E-state index contributed by atoms with van der Waals surface area (Å²) < 4.78 is 16.6. The minimum Gasteiger partial charge on any atom is -0.495 e. The molecular formula is C26H29Cl2N7O4. The molecule has 206 valence electrons. The summed E-state index contributed by atoms with van der Waals surface area (Å²) in [6.45, 7) is 3.61. The number of carbonyl (C=O) groups excluding carboxylic acids is 1. The van der Waals surface area contributed by atoms with Crippen molar-refractivity contribution < 1.29 is 19.0 Å². The van der Waals surface area contributed by atoms with Crippen LogP contribution in [-0.2, 0) is 0 Å². The Morgan fingerprint density at radius 2 is 1.85 bits per heavy atom. The summed E-state index contributed by atoms with van der Waals surface area (Å²) in [6.07, 6.45) is 1.37. The number of piperazine rings is 1. The molecule has 1 saturated heterocycles. The van der Waals surface area contributed by atoms with Crippen LogP contribution in [0.2, 0.25) is 10.0 Å². The van der Waals surface area contributed by atoms with Crippen molar-refractivity contribution in [2.45, 2.75) is 6.04 Å². The molecule has 0 aliphatic carbocycles. The Hall–Kier alpha value is -3.67. The molecule has 13 heteroatoms. The Bertz CT molecular complexity index is 1360. The van der Waals surface area contributed by atoms with Gasteiger partial charge >= 0.3 is 6.03 Å². The zero-order valence-electron chi connectivity index (χ0n) is 22.0. The zero-order chi connectivity index (χ0) is 27.7. The number of hydrogen-bond donors (Lipinski definition) is 2. The van der Waals surface area contributed by atoms with E-state index in [9.17, 15) is 4.79 Å². The number of aromatic nitrogens is 2. The highest BCUT2D eigenvalue weighted by Gasteiger charge is 2.31. The molecular weight excluding hydrogens is 545 g/mol. The highest BCUT2D eigenvalue weighted by Crippen LogP contribution is 2.44. The number of fused-ring (bicyclic) bond motifs is 3. The molecule has 0 saturated carbocycles. The monoisotopic (exact) mass is 573 g/mol. The Morgan fingerprint density at radius 3 is 2.56 bits per heavy atom. The number of urea groups is 1. The molecule has 3 heterocycles. The lowest BCUT2D eigenvalue weighted by Crippen LogP contribution is -2.56. The molecule has 2 aromatic carbocycles. The van der Waals surface area contributed by atoms with E-state index < -0.39 is 6.03 Å². The lowest BCUT2D eigenvalue weighted by atomic mass is 10.1. The van der Waals surface area contributed by atoms with Crippen molar-refractivity contribution in [1.82, 2.24) is 14.9 Å². The van der Waals surface area contributed by atoms with Crippen LogP contribution in [0, 0.1) is 0 Å². The molecule has 1 fully saturated rings. The van der Waals surface area contributed by atoms with Crippen molar-refractivity contribution in [3.63, 3.8) is 0 Å². The third-order valence-corrected chi connectivity index (χ3v) is 7.52. The first-order valence-electron chi connectivity index (χ1n) is 12.2. The minimum atomic E-state index is -0.525. The van der Waals surface area contributed by atoms with Crippen molar-refractivity contribution in [2.24, 2.45) is 0 Å². The molecule has 2 amide bonds. The summed E-state index contributed by atoms with van der Waals surface area (Å²) in [6, 6.07) is 9.04. The van der Waals surface area contributed by atoms with Gasteiger partial charge in [-0.2, -0.15) is 0 Å². The molecule has 2 aliphatic rings. The van der Waals surface area contributed by atoms with Crippen LogP contribution >= 0.6 is 23.2 Å². The Balaban J connectivity index is 1.31. The van der Waals surface area contributed by atoms with Gasteiger partial charge in [-0.05, 0) is 19.2 Å². The van der Waals surface area contributed by atoms with Gasteiger partial charge in [-0.15, -0.1) is 0 Å². The van der Waals surface area contributed by atoms with E-state index in [0.29, 0.717) is 35.8 Å². The van der Waals surface area contributed by atoms with Crippen LogP contribution in [-0.4, -0.2) is 81.5 Å². The molecule has 2 aliphatic heterocycles. The average Bonchev–Trinajstić information content (AvgIpc) is 2.94. The first kappa shape index (κ1) is 26.9. The predicted octanol–water partition coefficient (Wildman–Crippen LogP) is 4.73. The Kier molecular flexibility index (Phi) is 7.74. The molecule has 11 nitrogen and oxygen atoms in total. The predicted molar refractivity (Wildman–Crippen MR) is 153 cm³/mol. The maximum absolute atomic E-state index is 13.1. The lowest BCUT2D eigenvalue weighted by molar-refractivity contribution is 0.188. The van der Waals surface area contributed by atoms with Gasteiger partial charge in [0.25, 0.3) is 0 Å². The number of likely N-dealkylation sites (N-methyl/N-ethyl adjacent to an activating group) is 1. The normalized spacial score (nSPS) is 16.5. The van der Waals surface area contributed by atoms with Crippen molar-refractivity contribution in [3.05, 3.63) is 46.7 Å². The third-order valence-electron chi connectivity index (χ3n) is 6.77. The summed E-state index contributed by atoms with van der Waals surface area (Å²) in [5, 5.41) is 6.28. The van der Waals surface area contributed by atoms with E-state index in [-0.39, 0.29) is 15.7 Å². The molecule has 5 rings (SSSR count). The Morgan fingerprint density at radius 1 is 1.10 bits per heavy atom. The van der Waals surface area contributed by atoms with Crippen LogP contribution in [0.3, 0.4) is 0 Å². The summed E-state index contributed by atoms with van der Waals surface area (Å²) in [5.74, 6) is 2.30. The van der Waals surface area contributed by atoms with E-state index in [4.69, 9.17) is 37.4 Å². The second-order valence-electron chi connectivity index (χ2n) is 9.26. The molecule has 0 bridgehead atoms. The number of methoxy groups -OCH3 is 2. The number of amides is 2. The van der Waals surface area contributed by atoms with E-state index in [2.05, 4.69) is 43.5 Å². The second kappa shape index (κ2) is 11.2. The average molecular weight is 574 g/mol. The van der Waals surface area contributed by atoms with Gasteiger partial charge in [-0.1, -0.05) is 23.2 Å². The summed E-state index contributed by atoms with van der Waals surface area (Å²) in [5.41, 5.74) is 2.06. The summed E-state index contributed by atoms with van der Waals surface area (Å²) >= 11 is 12.8. The maximum Gasteiger partial charge on any atom is 0.327 e. The quantitative estimate of drug-likeness (QED) is 0.433. The van der Waals surface area contributed by atoms with E-state index in [1.54, 1.807) is 19.2 Å². The number of nitrogens with zero attached hydrogens (tertiary/aromatic N) is 5. The number of hydrogen-bond acceptors (Lipinski definition) is 9. The number of ether oxygens (including phenoxy) is 3. The highest BCUT2D eigenvalue weighted by molar-refractivity contribution is 6.41.